The molecule has 0 saturated carbocycles. The van der Waals surface area contributed by atoms with E-state index in [4.69, 9.17) is 17.0 Å². The van der Waals surface area contributed by atoms with Gasteiger partial charge in [-0.1, -0.05) is 36.4 Å². The third kappa shape index (κ3) is 5.52. The van der Waals surface area contributed by atoms with Crippen LogP contribution in [-0.4, -0.2) is 49.1 Å². The van der Waals surface area contributed by atoms with Crippen LogP contribution in [-0.2, 0) is 4.74 Å². The van der Waals surface area contributed by atoms with Crippen LogP contribution >= 0.6 is 12.2 Å². The number of nitrogens with zero attached hydrogens (tertiary/aromatic N) is 2. The lowest BCUT2D eigenvalue weighted by molar-refractivity contribution is 0.0548. The second-order valence-corrected chi connectivity index (χ2v) is 6.83. The Morgan fingerprint density at radius 3 is 2.74 bits per heavy atom. The van der Waals surface area contributed by atoms with Crippen molar-refractivity contribution < 1.29 is 4.74 Å². The van der Waals surface area contributed by atoms with Gasteiger partial charge < -0.3 is 15.0 Å². The second kappa shape index (κ2) is 10.0. The summed E-state index contributed by atoms with van der Waals surface area (Å²) in [5.41, 5.74) is 7.99. The summed E-state index contributed by atoms with van der Waals surface area (Å²) in [6.45, 7) is 7.63. The van der Waals surface area contributed by atoms with Crippen LogP contribution in [0.4, 0.5) is 0 Å². The predicted octanol–water partition coefficient (Wildman–Crippen LogP) is 3.09. The molecule has 0 amide bonds. The first kappa shape index (κ1) is 19.3. The zero-order valence-electron chi connectivity index (χ0n) is 15.5. The van der Waals surface area contributed by atoms with Crippen LogP contribution in [0.3, 0.4) is 0 Å². The molecule has 0 aromatic heterocycles. The smallest absolute Gasteiger partial charge is 0.187 e. The van der Waals surface area contributed by atoms with Crippen LogP contribution in [0.2, 0.25) is 0 Å². The first-order valence-electron chi connectivity index (χ1n) is 9.27. The Balaban J connectivity index is 1.80. The molecule has 2 N–H and O–H groups in total. The van der Waals surface area contributed by atoms with Crippen LogP contribution in [0.15, 0.2) is 64.9 Å². The van der Waals surface area contributed by atoms with Crippen molar-refractivity contribution in [1.29, 1.82) is 0 Å². The van der Waals surface area contributed by atoms with Gasteiger partial charge in [0, 0.05) is 25.3 Å². The van der Waals surface area contributed by atoms with Gasteiger partial charge in [0.1, 0.15) is 0 Å². The molecule has 1 heterocycles. The summed E-state index contributed by atoms with van der Waals surface area (Å²) in [6.07, 6.45) is 7.94. The molecule has 0 unspecified atom stereocenters. The highest BCUT2D eigenvalue weighted by Crippen LogP contribution is 2.34. The number of hydrogen-bond acceptors (Lipinski definition) is 4. The number of ether oxygens (including phenoxy) is 1. The quantitative estimate of drug-likeness (QED) is 0.343. The maximum absolute atomic E-state index is 5.54. The van der Waals surface area contributed by atoms with Gasteiger partial charge in [-0.3, -0.25) is 5.43 Å². The fourth-order valence-corrected chi connectivity index (χ4v) is 3.43. The highest BCUT2D eigenvalue weighted by Gasteiger charge is 2.25. The Kier molecular flexibility index (Phi) is 7.19. The topological polar surface area (TPSA) is 48.9 Å². The lowest BCUT2D eigenvalue weighted by atomic mass is 10.1. The minimum atomic E-state index is 0.498. The third-order valence-electron chi connectivity index (χ3n) is 4.53. The average molecular weight is 383 g/mol. The van der Waals surface area contributed by atoms with E-state index in [1.54, 1.807) is 6.08 Å². The van der Waals surface area contributed by atoms with E-state index >= 15 is 0 Å². The zero-order valence-corrected chi connectivity index (χ0v) is 16.3. The number of hydrazone groups is 1. The van der Waals surface area contributed by atoms with E-state index in [1.807, 2.05) is 12.3 Å². The summed E-state index contributed by atoms with van der Waals surface area (Å²) >= 11 is 5.19. The van der Waals surface area contributed by atoms with Gasteiger partial charge in [-0.15, -0.1) is 6.58 Å². The Bertz CT molecular complexity index is 749. The summed E-state index contributed by atoms with van der Waals surface area (Å²) in [7, 11) is 0. The summed E-state index contributed by atoms with van der Waals surface area (Å²) in [4.78, 5) is 2.42. The van der Waals surface area contributed by atoms with Crippen molar-refractivity contribution in [1.82, 2.24) is 15.6 Å². The molecular weight excluding hydrogens is 356 g/mol. The molecular formula is C21H26N4OS. The highest BCUT2D eigenvalue weighted by molar-refractivity contribution is 7.80. The SMILES string of the molecule is C=CCNC(=S)N/N=C\C1=C(N2CCOCC2)C(=Cc2ccccc2)CC1. The van der Waals surface area contributed by atoms with Crippen LogP contribution < -0.4 is 10.7 Å². The van der Waals surface area contributed by atoms with E-state index < -0.39 is 0 Å². The van der Waals surface area contributed by atoms with Gasteiger partial charge in [0.05, 0.1) is 19.4 Å². The Morgan fingerprint density at radius 1 is 1.22 bits per heavy atom. The predicted molar refractivity (Wildman–Crippen MR) is 115 cm³/mol. The number of morpholine rings is 1. The highest BCUT2D eigenvalue weighted by atomic mass is 32.1. The summed E-state index contributed by atoms with van der Waals surface area (Å²) < 4.78 is 5.54. The van der Waals surface area contributed by atoms with Gasteiger partial charge >= 0.3 is 0 Å². The molecule has 2 aliphatic rings. The molecule has 27 heavy (non-hydrogen) atoms. The molecule has 142 valence electrons. The maximum atomic E-state index is 5.54. The monoisotopic (exact) mass is 382 g/mol. The fraction of sp³-hybridized carbons (Fsp3) is 0.333. The van der Waals surface area contributed by atoms with E-state index in [2.05, 4.69) is 57.7 Å². The molecule has 1 aliphatic heterocycles. The van der Waals surface area contributed by atoms with Crippen molar-refractivity contribution in [3.05, 3.63) is 65.4 Å². The number of hydrogen-bond donors (Lipinski definition) is 2. The second-order valence-electron chi connectivity index (χ2n) is 6.42. The number of nitrogens with one attached hydrogen (secondary N) is 2. The Labute approximate surface area is 166 Å². The van der Waals surface area contributed by atoms with Gasteiger partial charge in [0.25, 0.3) is 0 Å². The summed E-state index contributed by atoms with van der Waals surface area (Å²) in [5, 5.41) is 7.84. The summed E-state index contributed by atoms with van der Waals surface area (Å²) in [6, 6.07) is 10.5. The number of allylic oxidation sites excluding steroid dienone is 2. The van der Waals surface area contributed by atoms with Gasteiger partial charge in [0.2, 0.25) is 0 Å². The normalized spacial score (nSPS) is 19.0. The van der Waals surface area contributed by atoms with Gasteiger partial charge in [-0.05, 0) is 47.8 Å². The van der Waals surface area contributed by atoms with Crippen LogP contribution in [0.1, 0.15) is 18.4 Å². The lowest BCUT2D eigenvalue weighted by Gasteiger charge is -2.31. The van der Waals surface area contributed by atoms with E-state index in [0.29, 0.717) is 11.7 Å². The first-order valence-corrected chi connectivity index (χ1v) is 9.68. The molecule has 6 heteroatoms. The van der Waals surface area contributed by atoms with Crippen molar-refractivity contribution in [2.45, 2.75) is 12.8 Å². The molecule has 1 saturated heterocycles. The minimum absolute atomic E-state index is 0.498. The van der Waals surface area contributed by atoms with E-state index in [0.717, 1.165) is 39.1 Å². The fourth-order valence-electron chi connectivity index (χ4n) is 3.30. The minimum Gasteiger partial charge on any atom is -0.378 e. The number of rotatable bonds is 6. The molecule has 1 fully saturated rings. The van der Waals surface area contributed by atoms with E-state index in [1.165, 1.54) is 22.4 Å². The van der Waals surface area contributed by atoms with Crippen molar-refractivity contribution in [2.24, 2.45) is 5.10 Å². The first-order chi connectivity index (χ1) is 13.3. The van der Waals surface area contributed by atoms with Crippen molar-refractivity contribution >= 4 is 29.6 Å². The molecule has 0 radical (unpaired) electrons. The van der Waals surface area contributed by atoms with Crippen LogP contribution in [0.5, 0.6) is 0 Å². The molecule has 0 bridgehead atoms. The largest absolute Gasteiger partial charge is 0.378 e. The van der Waals surface area contributed by atoms with Crippen LogP contribution in [0, 0.1) is 0 Å². The van der Waals surface area contributed by atoms with Crippen molar-refractivity contribution in [3.63, 3.8) is 0 Å². The number of benzene rings is 1. The van der Waals surface area contributed by atoms with Crippen molar-refractivity contribution in [2.75, 3.05) is 32.8 Å². The third-order valence-corrected chi connectivity index (χ3v) is 4.77. The molecule has 0 atom stereocenters. The van der Waals surface area contributed by atoms with Gasteiger partial charge in [-0.25, -0.2) is 0 Å². The Morgan fingerprint density at radius 2 is 2.00 bits per heavy atom. The van der Waals surface area contributed by atoms with Crippen molar-refractivity contribution in [3.8, 4) is 0 Å². The van der Waals surface area contributed by atoms with E-state index in [9.17, 15) is 0 Å². The molecule has 5 nitrogen and oxygen atoms in total. The lowest BCUT2D eigenvalue weighted by Crippen LogP contribution is -2.36. The van der Waals surface area contributed by atoms with Crippen LogP contribution in [0.25, 0.3) is 6.08 Å². The molecule has 1 aromatic carbocycles. The zero-order chi connectivity index (χ0) is 18.9. The standard InChI is InChI=1S/C21H26N4OS/c1-2-10-22-21(27)24-23-16-19-9-8-18(15-17-6-4-3-5-7-17)20(19)25-11-13-26-14-12-25/h2-7,15-16H,1,8-14H2,(H2,22,24,27)/b18-15?,23-16-. The van der Waals surface area contributed by atoms with Gasteiger partial charge in [0.15, 0.2) is 5.11 Å². The number of thiocarbonyl (C=S) groups is 1. The Hall–Kier alpha value is -2.44. The summed E-state index contributed by atoms with van der Waals surface area (Å²) in [5.74, 6) is 0. The maximum Gasteiger partial charge on any atom is 0.187 e. The van der Waals surface area contributed by atoms with E-state index in [-0.39, 0.29) is 0 Å². The molecule has 3 rings (SSSR count). The molecule has 1 aromatic rings. The molecule has 1 aliphatic carbocycles. The van der Waals surface area contributed by atoms with Gasteiger partial charge in [-0.2, -0.15) is 5.10 Å². The molecule has 0 spiro atoms. The average Bonchev–Trinajstić information content (AvgIpc) is 3.10.